The zero-order valence-electron chi connectivity index (χ0n) is 14.5. The first kappa shape index (κ1) is 17.1. The molecule has 130 valence electrons. The quantitative estimate of drug-likeness (QED) is 0.926. The van der Waals surface area contributed by atoms with Crippen molar-refractivity contribution in [2.75, 3.05) is 7.05 Å². The Balaban J connectivity index is 1.82. The molecule has 0 spiro atoms. The summed E-state index contributed by atoms with van der Waals surface area (Å²) in [4.78, 5) is 29.7. The Labute approximate surface area is 147 Å². The monoisotopic (exact) mass is 338 g/mol. The molecular formula is C20H22N2O3. The molecule has 1 amide bonds. The maximum Gasteiger partial charge on any atom is 0.335 e. The van der Waals surface area contributed by atoms with Crippen LogP contribution in [-0.2, 0) is 0 Å². The number of carbonyl (C=O) groups is 2. The molecule has 1 aromatic heterocycles. The number of likely N-dealkylation sites (N-methyl/N-ethyl adjacent to an activating group) is 1. The minimum Gasteiger partial charge on any atom is -0.478 e. The van der Waals surface area contributed by atoms with Gasteiger partial charge in [0.05, 0.1) is 5.56 Å². The molecule has 0 aliphatic heterocycles. The second-order valence-electron chi connectivity index (χ2n) is 6.67. The van der Waals surface area contributed by atoms with Crippen LogP contribution in [0.3, 0.4) is 0 Å². The number of amides is 1. The fourth-order valence-electron chi connectivity index (χ4n) is 3.62. The van der Waals surface area contributed by atoms with Crippen molar-refractivity contribution in [3.05, 3.63) is 65.0 Å². The number of nitrogens with zero attached hydrogens (tertiary/aromatic N) is 2. The second kappa shape index (κ2) is 7.05. The number of carbonyl (C=O) groups excluding carboxylic acids is 1. The van der Waals surface area contributed by atoms with E-state index in [4.69, 9.17) is 5.11 Å². The lowest BCUT2D eigenvalue weighted by Crippen LogP contribution is -2.39. The Morgan fingerprint density at radius 2 is 1.88 bits per heavy atom. The van der Waals surface area contributed by atoms with E-state index < -0.39 is 5.97 Å². The van der Waals surface area contributed by atoms with Gasteiger partial charge in [0.2, 0.25) is 0 Å². The molecule has 0 saturated heterocycles. The van der Waals surface area contributed by atoms with Crippen LogP contribution in [0, 0.1) is 6.92 Å². The van der Waals surface area contributed by atoms with Gasteiger partial charge in [0.15, 0.2) is 0 Å². The lowest BCUT2D eigenvalue weighted by molar-refractivity contribution is 0.0696. The number of carboxylic acid groups (broad SMARTS) is 1. The molecule has 0 bridgehead atoms. The van der Waals surface area contributed by atoms with Crippen LogP contribution in [0.2, 0.25) is 0 Å². The maximum atomic E-state index is 12.8. The molecule has 2 atom stereocenters. The average molecular weight is 338 g/mol. The first-order valence-corrected chi connectivity index (χ1v) is 8.50. The molecule has 1 saturated carbocycles. The predicted molar refractivity (Wildman–Crippen MR) is 94.8 cm³/mol. The number of aryl methyl sites for hydroxylation is 1. The van der Waals surface area contributed by atoms with Gasteiger partial charge in [-0.1, -0.05) is 36.2 Å². The summed E-state index contributed by atoms with van der Waals surface area (Å²) in [6, 6.07) is 11.3. The maximum absolute atomic E-state index is 12.8. The molecule has 1 aromatic carbocycles. The van der Waals surface area contributed by atoms with Gasteiger partial charge in [0.25, 0.3) is 5.91 Å². The second-order valence-corrected chi connectivity index (χ2v) is 6.67. The standard InChI is InChI=1S/C20H22N2O3/c1-13-6-8-14(9-7-13)16-4-3-5-18(16)22(2)19(23)17-12-15(20(24)25)10-11-21-17/h6-12,16,18H,3-5H2,1-2H3,(H,24,25). The van der Waals surface area contributed by atoms with E-state index >= 15 is 0 Å². The minimum absolute atomic E-state index is 0.0771. The molecule has 5 heteroatoms. The van der Waals surface area contributed by atoms with Gasteiger partial charge in [-0.3, -0.25) is 9.78 Å². The normalized spacial score (nSPS) is 19.6. The Kier molecular flexibility index (Phi) is 4.83. The lowest BCUT2D eigenvalue weighted by Gasteiger charge is -2.30. The summed E-state index contributed by atoms with van der Waals surface area (Å²) in [5.41, 5.74) is 2.72. The third-order valence-electron chi connectivity index (χ3n) is 5.03. The number of benzene rings is 1. The highest BCUT2D eigenvalue weighted by Gasteiger charge is 2.34. The number of pyridine rings is 1. The summed E-state index contributed by atoms with van der Waals surface area (Å²) < 4.78 is 0. The molecular weight excluding hydrogens is 316 g/mol. The molecule has 25 heavy (non-hydrogen) atoms. The van der Waals surface area contributed by atoms with Crippen molar-refractivity contribution >= 4 is 11.9 Å². The smallest absolute Gasteiger partial charge is 0.335 e. The van der Waals surface area contributed by atoms with Crippen LogP contribution in [0.5, 0.6) is 0 Å². The minimum atomic E-state index is -1.06. The molecule has 2 aromatic rings. The molecule has 1 aliphatic carbocycles. The van der Waals surface area contributed by atoms with E-state index in [9.17, 15) is 9.59 Å². The fraction of sp³-hybridized carbons (Fsp3) is 0.350. The summed E-state index contributed by atoms with van der Waals surface area (Å²) in [7, 11) is 1.79. The number of aromatic nitrogens is 1. The van der Waals surface area contributed by atoms with E-state index in [1.54, 1.807) is 11.9 Å². The zero-order valence-corrected chi connectivity index (χ0v) is 14.5. The van der Waals surface area contributed by atoms with Crippen molar-refractivity contribution in [1.29, 1.82) is 0 Å². The van der Waals surface area contributed by atoms with Crippen LogP contribution in [0.1, 0.15) is 57.2 Å². The SMILES string of the molecule is Cc1ccc(C2CCCC2N(C)C(=O)c2cc(C(=O)O)ccn2)cc1. The molecule has 5 nitrogen and oxygen atoms in total. The van der Waals surface area contributed by atoms with Gasteiger partial charge in [-0.25, -0.2) is 4.79 Å². The summed E-state index contributed by atoms with van der Waals surface area (Å²) in [6.07, 6.45) is 4.44. The number of carboxylic acids is 1. The van der Waals surface area contributed by atoms with Crippen molar-refractivity contribution < 1.29 is 14.7 Å². The van der Waals surface area contributed by atoms with Gasteiger partial charge in [0.1, 0.15) is 5.69 Å². The Hall–Kier alpha value is -2.69. The summed E-state index contributed by atoms with van der Waals surface area (Å²) in [5.74, 6) is -0.984. The van der Waals surface area contributed by atoms with E-state index in [-0.39, 0.29) is 23.2 Å². The molecule has 3 rings (SSSR count). The summed E-state index contributed by atoms with van der Waals surface area (Å²) in [6.45, 7) is 2.06. The van der Waals surface area contributed by atoms with Crippen molar-refractivity contribution in [2.24, 2.45) is 0 Å². The van der Waals surface area contributed by atoms with Crippen LogP contribution in [0.4, 0.5) is 0 Å². The molecule has 1 aliphatic rings. The predicted octanol–water partition coefficient (Wildman–Crippen LogP) is 3.50. The topological polar surface area (TPSA) is 70.5 Å². The van der Waals surface area contributed by atoms with Crippen molar-refractivity contribution in [1.82, 2.24) is 9.88 Å². The van der Waals surface area contributed by atoms with Crippen molar-refractivity contribution in [2.45, 2.75) is 38.1 Å². The van der Waals surface area contributed by atoms with E-state index in [0.29, 0.717) is 5.92 Å². The molecule has 1 fully saturated rings. The Bertz CT molecular complexity index is 786. The molecule has 1 N–H and O–H groups in total. The number of rotatable bonds is 4. The molecule has 2 unspecified atom stereocenters. The van der Waals surface area contributed by atoms with Crippen molar-refractivity contribution in [3.63, 3.8) is 0 Å². The van der Waals surface area contributed by atoms with Gasteiger partial charge in [-0.05, 0) is 37.5 Å². The van der Waals surface area contributed by atoms with Gasteiger partial charge in [0, 0.05) is 25.2 Å². The summed E-state index contributed by atoms with van der Waals surface area (Å²) >= 11 is 0. The highest BCUT2D eigenvalue weighted by Crippen LogP contribution is 2.37. The molecule has 0 radical (unpaired) electrons. The number of hydrogen-bond donors (Lipinski definition) is 1. The highest BCUT2D eigenvalue weighted by atomic mass is 16.4. The van der Waals surface area contributed by atoms with Crippen LogP contribution in [0.25, 0.3) is 0 Å². The first-order chi connectivity index (χ1) is 12.0. The van der Waals surface area contributed by atoms with Gasteiger partial charge >= 0.3 is 5.97 Å². The highest BCUT2D eigenvalue weighted by molar-refractivity contribution is 5.95. The number of hydrogen-bond acceptors (Lipinski definition) is 3. The van der Waals surface area contributed by atoms with E-state index in [2.05, 4.69) is 36.2 Å². The van der Waals surface area contributed by atoms with Gasteiger partial charge in [-0.2, -0.15) is 0 Å². The Morgan fingerprint density at radius 3 is 2.56 bits per heavy atom. The van der Waals surface area contributed by atoms with Crippen LogP contribution in [0.15, 0.2) is 42.6 Å². The lowest BCUT2D eigenvalue weighted by atomic mass is 9.92. The first-order valence-electron chi connectivity index (χ1n) is 8.50. The Morgan fingerprint density at radius 1 is 1.16 bits per heavy atom. The van der Waals surface area contributed by atoms with E-state index in [1.165, 1.54) is 29.5 Å². The zero-order chi connectivity index (χ0) is 18.0. The van der Waals surface area contributed by atoms with Gasteiger partial charge in [-0.15, -0.1) is 0 Å². The third-order valence-corrected chi connectivity index (χ3v) is 5.03. The fourth-order valence-corrected chi connectivity index (χ4v) is 3.62. The number of aromatic carboxylic acids is 1. The van der Waals surface area contributed by atoms with Crippen LogP contribution < -0.4 is 0 Å². The average Bonchev–Trinajstić information content (AvgIpc) is 3.11. The summed E-state index contributed by atoms with van der Waals surface area (Å²) in [5, 5.41) is 9.10. The van der Waals surface area contributed by atoms with E-state index in [0.717, 1.165) is 19.3 Å². The van der Waals surface area contributed by atoms with Crippen LogP contribution in [-0.4, -0.2) is 40.0 Å². The van der Waals surface area contributed by atoms with Crippen LogP contribution >= 0.6 is 0 Å². The largest absolute Gasteiger partial charge is 0.478 e. The van der Waals surface area contributed by atoms with Gasteiger partial charge < -0.3 is 10.0 Å². The van der Waals surface area contributed by atoms with E-state index in [1.807, 2.05) is 0 Å². The van der Waals surface area contributed by atoms with Crippen molar-refractivity contribution in [3.8, 4) is 0 Å². The third kappa shape index (κ3) is 3.55. The molecule has 1 heterocycles.